The first-order valence-corrected chi connectivity index (χ1v) is 9.26. The number of aromatic nitrogens is 3. The minimum Gasteiger partial charge on any atom is -0.497 e. The maximum atomic E-state index is 12.9. The zero-order valence-electron chi connectivity index (χ0n) is 16.1. The van der Waals surface area contributed by atoms with E-state index in [1.54, 1.807) is 7.11 Å². The number of benzene rings is 1. The molecule has 0 bridgehead atoms. The Hall–Kier alpha value is -2.89. The number of nitrogens with zero attached hydrogens (tertiary/aromatic N) is 3. The van der Waals surface area contributed by atoms with Crippen LogP contribution in [-0.4, -0.2) is 28.0 Å². The molecule has 0 saturated heterocycles. The maximum absolute atomic E-state index is 12.9. The molecule has 3 aromatic rings. The van der Waals surface area contributed by atoms with E-state index in [2.05, 4.69) is 41.9 Å². The van der Waals surface area contributed by atoms with Crippen LogP contribution in [0.15, 0.2) is 46.1 Å². The molecule has 2 aromatic heterocycles. The van der Waals surface area contributed by atoms with Crippen molar-refractivity contribution in [1.29, 1.82) is 0 Å². The summed E-state index contributed by atoms with van der Waals surface area (Å²) < 4.78 is 6.59. The number of nitrogens with one attached hydrogen (secondary N) is 1. The molecule has 4 rings (SSSR count). The van der Waals surface area contributed by atoms with Gasteiger partial charge in [0, 0.05) is 23.0 Å². The maximum Gasteiger partial charge on any atom is 0.298 e. The summed E-state index contributed by atoms with van der Waals surface area (Å²) in [5, 5.41) is 5.32. The fourth-order valence-corrected chi connectivity index (χ4v) is 4.16. The van der Waals surface area contributed by atoms with Crippen molar-refractivity contribution in [2.24, 2.45) is 22.9 Å². The molecule has 1 N–H and O–H groups in total. The number of hydrogen-bond acceptors (Lipinski definition) is 4. The Balaban J connectivity index is 1.74. The minimum absolute atomic E-state index is 0.200. The number of H-pyrrole nitrogens is 1. The van der Waals surface area contributed by atoms with Crippen molar-refractivity contribution < 1.29 is 4.74 Å². The predicted octanol–water partition coefficient (Wildman–Crippen LogP) is 3.96. The normalized spacial score (nSPS) is 23.3. The van der Waals surface area contributed by atoms with Crippen molar-refractivity contribution in [3.63, 3.8) is 0 Å². The molecule has 0 spiro atoms. The molecule has 3 atom stereocenters. The lowest BCUT2D eigenvalue weighted by Gasteiger charge is -2.29. The second kappa shape index (κ2) is 6.68. The number of methoxy groups -OCH3 is 1. The van der Waals surface area contributed by atoms with Crippen LogP contribution in [0.25, 0.3) is 21.9 Å². The minimum atomic E-state index is -0.200. The molecule has 0 fully saturated rings. The van der Waals surface area contributed by atoms with Crippen LogP contribution >= 0.6 is 0 Å². The summed E-state index contributed by atoms with van der Waals surface area (Å²) in [5.74, 6) is 1.95. The van der Waals surface area contributed by atoms with Gasteiger partial charge >= 0.3 is 0 Å². The summed E-state index contributed by atoms with van der Waals surface area (Å²) in [5.41, 5.74) is 3.17. The van der Waals surface area contributed by atoms with Gasteiger partial charge in [-0.3, -0.25) is 4.79 Å². The molecular weight excluding hydrogens is 340 g/mol. The van der Waals surface area contributed by atoms with Crippen LogP contribution in [0, 0.1) is 17.8 Å². The van der Waals surface area contributed by atoms with E-state index in [0.717, 1.165) is 23.1 Å². The Morgan fingerprint density at radius 3 is 2.93 bits per heavy atom. The fraction of sp³-hybridized carbons (Fsp3) is 0.381. The topological polar surface area (TPSA) is 72.3 Å². The predicted molar refractivity (Wildman–Crippen MR) is 108 cm³/mol. The van der Waals surface area contributed by atoms with Crippen molar-refractivity contribution >= 4 is 28.2 Å². The van der Waals surface area contributed by atoms with Gasteiger partial charge < -0.3 is 9.72 Å². The quantitative estimate of drug-likeness (QED) is 0.565. The smallest absolute Gasteiger partial charge is 0.298 e. The van der Waals surface area contributed by atoms with Gasteiger partial charge in [0.05, 0.1) is 7.11 Å². The van der Waals surface area contributed by atoms with Gasteiger partial charge in [-0.25, -0.2) is 4.98 Å². The summed E-state index contributed by atoms with van der Waals surface area (Å²) in [6.45, 7) is 6.61. The number of rotatable bonds is 3. The lowest BCUT2D eigenvalue weighted by molar-refractivity contribution is 0.361. The highest BCUT2D eigenvalue weighted by Gasteiger charge is 2.25. The highest BCUT2D eigenvalue weighted by Crippen LogP contribution is 2.32. The van der Waals surface area contributed by atoms with E-state index >= 15 is 0 Å². The van der Waals surface area contributed by atoms with E-state index in [0.29, 0.717) is 28.8 Å². The molecule has 2 heterocycles. The van der Waals surface area contributed by atoms with Gasteiger partial charge in [-0.15, -0.1) is 0 Å². The molecule has 6 nitrogen and oxygen atoms in total. The highest BCUT2D eigenvalue weighted by atomic mass is 16.5. The number of fused-ring (bicyclic) bond motifs is 3. The Morgan fingerprint density at radius 2 is 2.19 bits per heavy atom. The lowest BCUT2D eigenvalue weighted by atomic mass is 9.76. The van der Waals surface area contributed by atoms with Crippen LogP contribution in [0.2, 0.25) is 0 Å². The number of ether oxygens (including phenoxy) is 1. The number of hydrogen-bond donors (Lipinski definition) is 1. The molecule has 27 heavy (non-hydrogen) atoms. The van der Waals surface area contributed by atoms with Crippen molar-refractivity contribution in [2.75, 3.05) is 7.11 Å². The van der Waals surface area contributed by atoms with Crippen LogP contribution in [0.3, 0.4) is 0 Å². The molecule has 3 unspecified atom stereocenters. The van der Waals surface area contributed by atoms with Gasteiger partial charge in [0.15, 0.2) is 0 Å². The lowest BCUT2D eigenvalue weighted by Crippen LogP contribution is -2.26. The Morgan fingerprint density at radius 1 is 1.37 bits per heavy atom. The van der Waals surface area contributed by atoms with E-state index in [4.69, 9.17) is 4.74 Å². The average molecular weight is 364 g/mol. The molecule has 1 aromatic carbocycles. The Bertz CT molecular complexity index is 1120. The largest absolute Gasteiger partial charge is 0.497 e. The molecule has 0 saturated carbocycles. The summed E-state index contributed by atoms with van der Waals surface area (Å²) in [6, 6.07) is 5.63. The molecule has 0 radical (unpaired) electrons. The monoisotopic (exact) mass is 364 g/mol. The number of allylic oxidation sites excluding steroid dienone is 2. The zero-order chi connectivity index (χ0) is 19.1. The van der Waals surface area contributed by atoms with Crippen molar-refractivity contribution in [2.45, 2.75) is 27.2 Å². The van der Waals surface area contributed by atoms with Gasteiger partial charge in [0.25, 0.3) is 5.56 Å². The van der Waals surface area contributed by atoms with Gasteiger partial charge in [0.2, 0.25) is 0 Å². The van der Waals surface area contributed by atoms with Gasteiger partial charge in [0.1, 0.15) is 23.1 Å². The summed E-state index contributed by atoms with van der Waals surface area (Å²) in [4.78, 5) is 20.5. The highest BCUT2D eigenvalue weighted by molar-refractivity contribution is 6.04. The van der Waals surface area contributed by atoms with E-state index in [-0.39, 0.29) is 5.56 Å². The summed E-state index contributed by atoms with van der Waals surface area (Å²) in [6.07, 6.45) is 6.76. The van der Waals surface area contributed by atoms with Crippen LogP contribution in [0.4, 0.5) is 0 Å². The SMILES string of the molecule is COc1ccc2[nH]c3c(=O)n(N=CC4C(C)C=C(C)CC4C)cnc3c2c1. The Labute approximate surface area is 157 Å². The van der Waals surface area contributed by atoms with E-state index in [9.17, 15) is 4.79 Å². The van der Waals surface area contributed by atoms with E-state index in [1.165, 1.54) is 16.6 Å². The first-order valence-electron chi connectivity index (χ1n) is 9.26. The van der Waals surface area contributed by atoms with Gasteiger partial charge in [-0.05, 0) is 43.4 Å². The molecular formula is C21H24N4O2. The third-order valence-corrected chi connectivity index (χ3v) is 5.52. The van der Waals surface area contributed by atoms with E-state index < -0.39 is 0 Å². The molecule has 1 aliphatic carbocycles. The molecule has 1 aliphatic rings. The third-order valence-electron chi connectivity index (χ3n) is 5.52. The molecule has 140 valence electrons. The van der Waals surface area contributed by atoms with E-state index in [1.807, 2.05) is 24.4 Å². The standard InChI is InChI=1S/C21H24N4O2/c1-12-7-13(2)17(14(3)8-12)10-23-25-11-22-19-16-9-15(27-4)5-6-18(16)24-20(19)21(25)26/h5-7,9-11,13-14,17,24H,8H2,1-4H3. The number of aromatic amines is 1. The average Bonchev–Trinajstić information content (AvgIpc) is 3.01. The van der Waals surface area contributed by atoms with Crippen LogP contribution < -0.4 is 10.3 Å². The van der Waals surface area contributed by atoms with Crippen LogP contribution in [0.5, 0.6) is 5.75 Å². The molecule has 6 heteroatoms. The fourth-order valence-electron chi connectivity index (χ4n) is 4.16. The van der Waals surface area contributed by atoms with Crippen molar-refractivity contribution in [1.82, 2.24) is 14.6 Å². The first-order chi connectivity index (χ1) is 13.0. The van der Waals surface area contributed by atoms with Gasteiger partial charge in [-0.2, -0.15) is 9.78 Å². The van der Waals surface area contributed by atoms with Crippen molar-refractivity contribution in [3.8, 4) is 5.75 Å². The first kappa shape index (κ1) is 17.5. The molecule has 0 aliphatic heterocycles. The summed E-state index contributed by atoms with van der Waals surface area (Å²) >= 11 is 0. The Kier molecular flexibility index (Phi) is 4.34. The van der Waals surface area contributed by atoms with Crippen molar-refractivity contribution in [3.05, 3.63) is 46.5 Å². The van der Waals surface area contributed by atoms with Crippen LogP contribution in [-0.2, 0) is 0 Å². The molecule has 0 amide bonds. The van der Waals surface area contributed by atoms with Crippen LogP contribution in [0.1, 0.15) is 27.2 Å². The second-order valence-electron chi connectivity index (χ2n) is 7.55. The second-order valence-corrected chi connectivity index (χ2v) is 7.55. The zero-order valence-corrected chi connectivity index (χ0v) is 16.1. The summed E-state index contributed by atoms with van der Waals surface area (Å²) in [7, 11) is 1.62. The third kappa shape index (κ3) is 3.05. The van der Waals surface area contributed by atoms with Gasteiger partial charge in [-0.1, -0.05) is 25.5 Å².